The molecule has 1 saturated heterocycles. The van der Waals surface area contributed by atoms with Crippen LogP contribution in [-0.4, -0.2) is 55.6 Å². The van der Waals surface area contributed by atoms with Crippen molar-refractivity contribution in [2.45, 2.75) is 56.6 Å². The number of Topliss-reactive ketones (excluding diaryl/α,β-unsaturated/α-hetero) is 1. The van der Waals surface area contributed by atoms with Crippen molar-refractivity contribution < 1.29 is 36.9 Å². The van der Waals surface area contributed by atoms with Crippen LogP contribution in [0.5, 0.6) is 0 Å². The molecule has 240 valence electrons. The number of amides is 3. The van der Waals surface area contributed by atoms with Crippen molar-refractivity contribution in [3.8, 4) is 0 Å². The Morgan fingerprint density at radius 1 is 1.00 bits per heavy atom. The zero-order chi connectivity index (χ0) is 33.2. The number of allylic oxidation sites excluding steroid dienone is 2. The molecule has 6 rings (SSSR count). The fourth-order valence-corrected chi connectivity index (χ4v) is 8.89. The number of fused-ring (bicyclic) bond motifs is 5. The predicted octanol–water partition coefficient (Wildman–Crippen LogP) is 5.61. The highest BCUT2D eigenvalue weighted by atomic mass is 79.9. The maximum absolute atomic E-state index is 14.5. The van der Waals surface area contributed by atoms with Gasteiger partial charge < -0.3 is 9.84 Å². The van der Waals surface area contributed by atoms with Crippen molar-refractivity contribution in [3.63, 3.8) is 0 Å². The summed E-state index contributed by atoms with van der Waals surface area (Å²) in [4.78, 5) is 59.8. The fraction of sp³-hybridized carbons (Fsp3) is 0.394. The summed E-state index contributed by atoms with van der Waals surface area (Å²) >= 11 is 3.71. The molecule has 9 nitrogen and oxygen atoms in total. The highest BCUT2D eigenvalue weighted by Crippen LogP contribution is 2.77. The summed E-state index contributed by atoms with van der Waals surface area (Å²) in [6.07, 6.45) is -4.71. The lowest BCUT2D eigenvalue weighted by molar-refractivity contribution is -0.174. The second-order valence-electron chi connectivity index (χ2n) is 12.3. The van der Waals surface area contributed by atoms with Gasteiger partial charge in [0.25, 0.3) is 0 Å². The van der Waals surface area contributed by atoms with Gasteiger partial charge in [-0.25, -0.2) is 0 Å². The van der Waals surface area contributed by atoms with E-state index in [-0.39, 0.29) is 43.3 Å². The van der Waals surface area contributed by atoms with Gasteiger partial charge in [-0.15, -0.1) is 0 Å². The van der Waals surface area contributed by atoms with E-state index < -0.39 is 51.0 Å². The summed E-state index contributed by atoms with van der Waals surface area (Å²) in [6.45, 7) is 4.93. The Balaban J connectivity index is 1.29. The molecule has 1 aromatic heterocycles. The van der Waals surface area contributed by atoms with E-state index in [1.54, 1.807) is 13.8 Å². The molecule has 46 heavy (non-hydrogen) atoms. The van der Waals surface area contributed by atoms with Gasteiger partial charge in [0.2, 0.25) is 17.7 Å². The molecule has 2 fully saturated rings. The first-order chi connectivity index (χ1) is 21.7. The minimum atomic E-state index is -5.11. The lowest BCUT2D eigenvalue weighted by Gasteiger charge is -2.41. The number of imide groups is 1. The van der Waals surface area contributed by atoms with E-state index in [2.05, 4.69) is 26.1 Å². The van der Waals surface area contributed by atoms with Gasteiger partial charge in [-0.3, -0.25) is 24.1 Å². The van der Waals surface area contributed by atoms with Crippen LogP contribution in [0.4, 0.5) is 13.2 Å². The summed E-state index contributed by atoms with van der Waals surface area (Å²) in [5.41, 5.74) is 0.268. The first-order valence-electron chi connectivity index (χ1n) is 14.8. The number of rotatable bonds is 9. The van der Waals surface area contributed by atoms with Crippen LogP contribution < -0.4 is 5.32 Å². The van der Waals surface area contributed by atoms with Crippen LogP contribution in [-0.2, 0) is 19.2 Å². The average Bonchev–Trinajstić information content (AvgIpc) is 3.64. The molecule has 13 heteroatoms. The third kappa shape index (κ3) is 4.41. The standard InChI is InChI=1S/C33H30BrF3N4O5/c1-18-38-25(46-40-18)21(39-28(44)33(35,36)37)16-10-11-17-41-26(42)24-30(2)22(19-12-6-4-7-13-19)23(20-14-8-5-9-15-20)31(3,27(30)43)32(24,34)29(41)45/h4-9,12-15,21,24H,10-11,16-17H2,1-3H3,(H,39,44)/t21-,24?,30?,31?,32?/m0/s1. The predicted molar refractivity (Wildman–Crippen MR) is 163 cm³/mol. The molecule has 0 spiro atoms. The Morgan fingerprint density at radius 2 is 1.59 bits per heavy atom. The van der Waals surface area contributed by atoms with Gasteiger partial charge in [0.15, 0.2) is 11.6 Å². The highest BCUT2D eigenvalue weighted by molar-refractivity contribution is 9.10. The minimum Gasteiger partial charge on any atom is -0.337 e. The number of nitrogens with zero attached hydrogens (tertiary/aromatic N) is 3. The van der Waals surface area contributed by atoms with Crippen LogP contribution in [0.25, 0.3) is 11.1 Å². The number of likely N-dealkylation sites (tertiary alicyclic amines) is 1. The molecule has 3 aliphatic rings. The summed E-state index contributed by atoms with van der Waals surface area (Å²) in [5, 5.41) is 5.49. The molecule has 3 aromatic rings. The number of ketones is 1. The van der Waals surface area contributed by atoms with Crippen LogP contribution in [0.1, 0.15) is 62.0 Å². The summed E-state index contributed by atoms with van der Waals surface area (Å²) in [7, 11) is 0. The van der Waals surface area contributed by atoms with E-state index in [1.165, 1.54) is 6.92 Å². The third-order valence-electron chi connectivity index (χ3n) is 9.62. The maximum Gasteiger partial charge on any atom is 0.471 e. The minimum absolute atomic E-state index is 0.0195. The van der Waals surface area contributed by atoms with Crippen molar-refractivity contribution >= 4 is 50.6 Å². The zero-order valence-electron chi connectivity index (χ0n) is 25.2. The largest absolute Gasteiger partial charge is 0.471 e. The van der Waals surface area contributed by atoms with E-state index in [0.717, 1.165) is 16.0 Å². The molecule has 2 aliphatic carbocycles. The number of benzene rings is 2. The molecule has 5 atom stereocenters. The second kappa shape index (κ2) is 11.0. The zero-order valence-corrected chi connectivity index (χ0v) is 26.7. The molecule has 0 radical (unpaired) electrons. The number of unbranched alkanes of at least 4 members (excludes halogenated alkanes) is 1. The van der Waals surface area contributed by atoms with Gasteiger partial charge in [0.1, 0.15) is 10.4 Å². The second-order valence-corrected chi connectivity index (χ2v) is 13.5. The fourth-order valence-electron chi connectivity index (χ4n) is 7.64. The van der Waals surface area contributed by atoms with Crippen LogP contribution in [0.2, 0.25) is 0 Å². The topological polar surface area (TPSA) is 122 Å². The summed E-state index contributed by atoms with van der Waals surface area (Å²) in [5.74, 6) is -4.39. The number of alkyl halides is 4. The highest BCUT2D eigenvalue weighted by Gasteiger charge is 2.85. The van der Waals surface area contributed by atoms with Crippen molar-refractivity contribution in [1.82, 2.24) is 20.4 Å². The first-order valence-corrected chi connectivity index (χ1v) is 15.6. The smallest absolute Gasteiger partial charge is 0.337 e. The molecular weight excluding hydrogens is 669 g/mol. The Morgan fingerprint density at radius 3 is 2.13 bits per heavy atom. The van der Waals surface area contributed by atoms with Crippen LogP contribution in [0.3, 0.4) is 0 Å². The van der Waals surface area contributed by atoms with Gasteiger partial charge in [0, 0.05) is 6.54 Å². The Labute approximate surface area is 270 Å². The van der Waals surface area contributed by atoms with Crippen molar-refractivity contribution in [2.75, 3.05) is 6.54 Å². The lowest BCUT2D eigenvalue weighted by atomic mass is 9.63. The summed E-state index contributed by atoms with van der Waals surface area (Å²) < 4.78 is 42.5. The van der Waals surface area contributed by atoms with Gasteiger partial charge in [-0.05, 0) is 62.3 Å². The van der Waals surface area contributed by atoms with Gasteiger partial charge in [-0.1, -0.05) is 81.8 Å². The van der Waals surface area contributed by atoms with E-state index in [9.17, 15) is 32.3 Å². The lowest BCUT2D eigenvalue weighted by Crippen LogP contribution is -2.50. The molecule has 1 N–H and O–H groups in total. The molecular formula is C33H30BrF3N4O5. The van der Waals surface area contributed by atoms with Gasteiger partial charge >= 0.3 is 12.1 Å². The number of hydrogen-bond acceptors (Lipinski definition) is 7. The number of aryl methyl sites for hydroxylation is 1. The average molecular weight is 700 g/mol. The van der Waals surface area contributed by atoms with Crippen LogP contribution in [0.15, 0.2) is 65.2 Å². The number of hydrogen-bond donors (Lipinski definition) is 1. The number of nitrogens with one attached hydrogen (secondary N) is 1. The Kier molecular flexibility index (Phi) is 7.61. The van der Waals surface area contributed by atoms with Crippen molar-refractivity contribution in [2.24, 2.45) is 16.7 Å². The molecule has 2 heterocycles. The van der Waals surface area contributed by atoms with Gasteiger partial charge in [-0.2, -0.15) is 18.2 Å². The van der Waals surface area contributed by atoms with Crippen LogP contribution >= 0.6 is 15.9 Å². The van der Waals surface area contributed by atoms with E-state index >= 15 is 0 Å². The Hall–Kier alpha value is -4.13. The Bertz CT molecular complexity index is 1780. The monoisotopic (exact) mass is 698 g/mol. The normalized spacial score (nSPS) is 27.8. The van der Waals surface area contributed by atoms with E-state index in [1.807, 2.05) is 66.0 Å². The number of halogens is 4. The molecule has 1 aliphatic heterocycles. The molecule has 2 aromatic carbocycles. The van der Waals surface area contributed by atoms with Gasteiger partial charge in [0.05, 0.1) is 16.7 Å². The SMILES string of the molecule is Cc1noc([C@H](CCCCN2C(=O)C3C4(C)C(=O)C(C)(C(c5ccccc5)=C4c4ccccc4)C3(Br)C2=O)NC(=O)C(F)(F)F)n1. The molecule has 4 unspecified atom stereocenters. The number of aromatic nitrogens is 2. The van der Waals surface area contributed by atoms with E-state index in [0.29, 0.717) is 11.1 Å². The number of carbonyl (C=O) groups is 4. The molecule has 3 amide bonds. The molecule has 1 saturated carbocycles. The quantitative estimate of drug-likeness (QED) is 0.175. The van der Waals surface area contributed by atoms with Crippen molar-refractivity contribution in [3.05, 3.63) is 83.5 Å². The van der Waals surface area contributed by atoms with E-state index in [4.69, 9.17) is 4.52 Å². The summed E-state index contributed by atoms with van der Waals surface area (Å²) in [6, 6.07) is 17.5. The van der Waals surface area contributed by atoms with Crippen molar-refractivity contribution in [1.29, 1.82) is 0 Å². The molecule has 2 bridgehead atoms. The number of carbonyl (C=O) groups excluding carboxylic acids is 4. The third-order valence-corrected chi connectivity index (χ3v) is 11.2. The maximum atomic E-state index is 14.5. The van der Waals surface area contributed by atoms with Crippen LogP contribution in [0, 0.1) is 23.7 Å². The first kappa shape index (κ1) is 31.8.